The average Bonchev–Trinajstić information content (AvgIpc) is 2.24. The monoisotopic (exact) mass is 195 g/mol. The van der Waals surface area contributed by atoms with E-state index in [1.807, 2.05) is 0 Å². The Morgan fingerprint density at radius 2 is 1.07 bits per heavy atom. The first-order valence-corrected chi connectivity index (χ1v) is 6.57. The molecule has 1 aliphatic carbocycles. The third kappa shape index (κ3) is 4.48. The molecule has 1 rings (SSSR count). The summed E-state index contributed by atoms with van der Waals surface area (Å²) < 4.78 is 0. The molecule has 1 fully saturated rings. The van der Waals surface area contributed by atoms with Gasteiger partial charge < -0.3 is 0 Å². The Bertz CT molecular complexity index is 125. The standard InChI is InChI=1S/C14H27/c1-3-14(2)12-10-8-6-4-5-7-9-11-13-14/h3H,4-13H2,1-2H3. The molecule has 0 unspecified atom stereocenters. The van der Waals surface area contributed by atoms with Crippen molar-refractivity contribution in [2.24, 2.45) is 5.41 Å². The van der Waals surface area contributed by atoms with Crippen molar-refractivity contribution < 1.29 is 0 Å². The van der Waals surface area contributed by atoms with Crippen molar-refractivity contribution in [2.45, 2.75) is 78.1 Å². The SMILES string of the molecule is C[CH]C1(C)CCCCCCCCCC1. The second kappa shape index (κ2) is 6.48. The highest BCUT2D eigenvalue weighted by Gasteiger charge is 2.21. The van der Waals surface area contributed by atoms with Gasteiger partial charge in [0.25, 0.3) is 0 Å². The Labute approximate surface area is 90.5 Å². The zero-order valence-corrected chi connectivity index (χ0v) is 10.1. The first-order chi connectivity index (χ1) is 6.77. The lowest BCUT2D eigenvalue weighted by Gasteiger charge is -2.28. The summed E-state index contributed by atoms with van der Waals surface area (Å²) in [5.41, 5.74) is 0.546. The summed E-state index contributed by atoms with van der Waals surface area (Å²) in [5, 5.41) is 0. The fraction of sp³-hybridized carbons (Fsp3) is 0.929. The maximum Gasteiger partial charge on any atom is -0.0297 e. The molecule has 0 heteroatoms. The van der Waals surface area contributed by atoms with E-state index in [0.717, 1.165) is 0 Å². The largest absolute Gasteiger partial charge is 0.0617 e. The molecule has 1 saturated carbocycles. The summed E-state index contributed by atoms with van der Waals surface area (Å²) >= 11 is 0. The summed E-state index contributed by atoms with van der Waals surface area (Å²) in [5.74, 6) is 0. The fourth-order valence-electron chi connectivity index (χ4n) is 2.53. The van der Waals surface area contributed by atoms with Crippen LogP contribution in [0.25, 0.3) is 0 Å². The van der Waals surface area contributed by atoms with Crippen molar-refractivity contribution in [1.29, 1.82) is 0 Å². The molecule has 0 aliphatic heterocycles. The van der Waals surface area contributed by atoms with Crippen LogP contribution < -0.4 is 0 Å². The highest BCUT2D eigenvalue weighted by atomic mass is 14.3. The van der Waals surface area contributed by atoms with E-state index in [9.17, 15) is 0 Å². The summed E-state index contributed by atoms with van der Waals surface area (Å²) in [7, 11) is 0. The summed E-state index contributed by atoms with van der Waals surface area (Å²) in [6.45, 7) is 4.70. The first-order valence-electron chi connectivity index (χ1n) is 6.57. The van der Waals surface area contributed by atoms with Crippen molar-refractivity contribution in [1.82, 2.24) is 0 Å². The molecule has 0 amide bonds. The average molecular weight is 195 g/mol. The maximum absolute atomic E-state index is 2.45. The van der Waals surface area contributed by atoms with Crippen molar-refractivity contribution >= 4 is 0 Å². The van der Waals surface area contributed by atoms with Gasteiger partial charge in [-0.15, -0.1) is 0 Å². The third-order valence-corrected chi connectivity index (χ3v) is 3.94. The van der Waals surface area contributed by atoms with Crippen LogP contribution in [0.5, 0.6) is 0 Å². The lowest BCUT2D eigenvalue weighted by atomic mass is 9.78. The normalized spacial score (nSPS) is 25.3. The smallest absolute Gasteiger partial charge is 0.0297 e. The molecule has 83 valence electrons. The Morgan fingerprint density at radius 1 is 0.714 bits per heavy atom. The second-order valence-corrected chi connectivity index (χ2v) is 5.27. The van der Waals surface area contributed by atoms with Crippen LogP contribution in [0.15, 0.2) is 0 Å². The molecular weight excluding hydrogens is 168 g/mol. The lowest BCUT2D eigenvalue weighted by Crippen LogP contribution is -2.15. The molecule has 0 aromatic carbocycles. The van der Waals surface area contributed by atoms with E-state index in [1.54, 1.807) is 0 Å². The lowest BCUT2D eigenvalue weighted by molar-refractivity contribution is 0.306. The van der Waals surface area contributed by atoms with Gasteiger partial charge in [0.05, 0.1) is 0 Å². The van der Waals surface area contributed by atoms with Gasteiger partial charge in [0.1, 0.15) is 0 Å². The van der Waals surface area contributed by atoms with Crippen LogP contribution in [-0.4, -0.2) is 0 Å². The molecule has 0 saturated heterocycles. The molecule has 0 N–H and O–H groups in total. The summed E-state index contributed by atoms with van der Waals surface area (Å²) in [4.78, 5) is 0. The molecule has 0 aromatic rings. The zero-order chi connectivity index (χ0) is 10.3. The van der Waals surface area contributed by atoms with Crippen molar-refractivity contribution in [3.05, 3.63) is 6.42 Å². The quantitative estimate of drug-likeness (QED) is 0.544. The Kier molecular flexibility index (Phi) is 5.59. The second-order valence-electron chi connectivity index (χ2n) is 5.27. The van der Waals surface area contributed by atoms with Gasteiger partial charge in [0.15, 0.2) is 0 Å². The van der Waals surface area contributed by atoms with Gasteiger partial charge in [-0.2, -0.15) is 0 Å². The molecular formula is C14H27. The molecule has 1 radical (unpaired) electrons. The van der Waals surface area contributed by atoms with Crippen LogP contribution in [0.2, 0.25) is 0 Å². The molecule has 0 bridgehead atoms. The van der Waals surface area contributed by atoms with Crippen LogP contribution in [0.1, 0.15) is 78.1 Å². The molecule has 0 atom stereocenters. The highest BCUT2D eigenvalue weighted by molar-refractivity contribution is 4.85. The summed E-state index contributed by atoms with van der Waals surface area (Å²) in [6, 6.07) is 0. The number of hydrogen-bond donors (Lipinski definition) is 0. The van der Waals surface area contributed by atoms with E-state index in [-0.39, 0.29) is 0 Å². The number of hydrogen-bond acceptors (Lipinski definition) is 0. The zero-order valence-electron chi connectivity index (χ0n) is 10.1. The molecule has 0 heterocycles. The Morgan fingerprint density at radius 3 is 1.43 bits per heavy atom. The van der Waals surface area contributed by atoms with Gasteiger partial charge in [-0.1, -0.05) is 65.2 Å². The van der Waals surface area contributed by atoms with Crippen LogP contribution in [0.3, 0.4) is 0 Å². The van der Waals surface area contributed by atoms with Gasteiger partial charge in [-0.05, 0) is 24.7 Å². The van der Waals surface area contributed by atoms with Crippen molar-refractivity contribution in [3.8, 4) is 0 Å². The van der Waals surface area contributed by atoms with Gasteiger partial charge in [-0.25, -0.2) is 0 Å². The van der Waals surface area contributed by atoms with E-state index < -0.39 is 0 Å². The summed E-state index contributed by atoms with van der Waals surface area (Å²) in [6.07, 6.45) is 17.0. The van der Waals surface area contributed by atoms with Gasteiger partial charge >= 0.3 is 0 Å². The minimum Gasteiger partial charge on any atom is -0.0617 e. The van der Waals surface area contributed by atoms with Crippen molar-refractivity contribution in [3.63, 3.8) is 0 Å². The fourth-order valence-corrected chi connectivity index (χ4v) is 2.53. The van der Waals surface area contributed by atoms with E-state index in [2.05, 4.69) is 20.3 Å². The predicted molar refractivity (Wildman–Crippen MR) is 64.3 cm³/mol. The van der Waals surface area contributed by atoms with Crippen LogP contribution in [-0.2, 0) is 0 Å². The van der Waals surface area contributed by atoms with Crippen LogP contribution in [0.4, 0.5) is 0 Å². The first kappa shape index (κ1) is 12.1. The van der Waals surface area contributed by atoms with Gasteiger partial charge in [-0.3, -0.25) is 0 Å². The van der Waals surface area contributed by atoms with E-state index >= 15 is 0 Å². The minimum atomic E-state index is 0.546. The molecule has 0 aromatic heterocycles. The molecule has 0 nitrogen and oxygen atoms in total. The minimum absolute atomic E-state index is 0.546. The Hall–Kier alpha value is 0. The van der Waals surface area contributed by atoms with E-state index in [0.29, 0.717) is 5.41 Å². The van der Waals surface area contributed by atoms with E-state index in [4.69, 9.17) is 0 Å². The molecule has 1 aliphatic rings. The third-order valence-electron chi connectivity index (χ3n) is 3.94. The van der Waals surface area contributed by atoms with Crippen LogP contribution in [0, 0.1) is 11.8 Å². The van der Waals surface area contributed by atoms with Gasteiger partial charge in [0, 0.05) is 0 Å². The van der Waals surface area contributed by atoms with Crippen molar-refractivity contribution in [2.75, 3.05) is 0 Å². The van der Waals surface area contributed by atoms with Crippen LogP contribution >= 0.6 is 0 Å². The predicted octanol–water partition coefficient (Wildman–Crippen LogP) is 5.13. The van der Waals surface area contributed by atoms with Gasteiger partial charge in [0.2, 0.25) is 0 Å². The van der Waals surface area contributed by atoms with E-state index in [1.165, 1.54) is 64.2 Å². The maximum atomic E-state index is 2.45. The Balaban J connectivity index is 2.35. The molecule has 14 heavy (non-hydrogen) atoms. The highest BCUT2D eigenvalue weighted by Crippen LogP contribution is 2.34. The topological polar surface area (TPSA) is 0 Å². The number of rotatable bonds is 1. The molecule has 0 spiro atoms.